The molecule has 2 amide bonds. The van der Waals surface area contributed by atoms with Gasteiger partial charge in [-0.25, -0.2) is 0 Å². The Hall–Kier alpha value is -2.92. The number of hydrogen-bond acceptors (Lipinski definition) is 5. The Balaban J connectivity index is 1.91. The molecule has 0 unspecified atom stereocenters. The number of thiophene rings is 1. The van der Waals surface area contributed by atoms with E-state index in [1.54, 1.807) is 22.9 Å². The van der Waals surface area contributed by atoms with E-state index in [-0.39, 0.29) is 17.6 Å². The molecule has 0 bridgehead atoms. The quantitative estimate of drug-likeness (QED) is 0.520. The van der Waals surface area contributed by atoms with Crippen LogP contribution in [0.4, 0.5) is 13.2 Å². The smallest absolute Gasteiger partial charge is 0.406 e. The van der Waals surface area contributed by atoms with Crippen LogP contribution in [0, 0.1) is 0 Å². The first-order chi connectivity index (χ1) is 14.7. The SMILES string of the molecule is CC(=O)NCCCn1c(-c2ccc(OC(F)(F)F)cc2)cs/c1=N\C(=O)c1cccs1. The zero-order valence-corrected chi connectivity index (χ0v) is 17.9. The third kappa shape index (κ3) is 6.53. The molecule has 0 saturated heterocycles. The summed E-state index contributed by atoms with van der Waals surface area (Å²) in [5, 5.41) is 6.29. The molecule has 1 aromatic carbocycles. The minimum absolute atomic E-state index is 0.145. The van der Waals surface area contributed by atoms with E-state index in [4.69, 9.17) is 0 Å². The Labute approximate surface area is 183 Å². The number of hydrogen-bond donors (Lipinski definition) is 1. The van der Waals surface area contributed by atoms with Gasteiger partial charge in [0.1, 0.15) is 5.75 Å². The second kappa shape index (κ2) is 9.92. The van der Waals surface area contributed by atoms with E-state index in [1.165, 1.54) is 53.9 Å². The lowest BCUT2D eigenvalue weighted by atomic mass is 10.1. The first-order valence-electron chi connectivity index (χ1n) is 9.14. The van der Waals surface area contributed by atoms with Gasteiger partial charge in [0, 0.05) is 25.4 Å². The average Bonchev–Trinajstić information content (AvgIpc) is 3.35. The molecule has 11 heteroatoms. The monoisotopic (exact) mass is 469 g/mol. The third-order valence-corrected chi connectivity index (χ3v) is 5.76. The minimum Gasteiger partial charge on any atom is -0.406 e. The lowest BCUT2D eigenvalue weighted by molar-refractivity contribution is -0.274. The van der Waals surface area contributed by atoms with E-state index in [1.807, 2.05) is 4.57 Å². The van der Waals surface area contributed by atoms with E-state index in [0.717, 1.165) is 0 Å². The number of halogens is 3. The van der Waals surface area contributed by atoms with Crippen LogP contribution in [0.25, 0.3) is 11.3 Å². The second-order valence-corrected chi connectivity index (χ2v) is 8.14. The number of alkyl halides is 3. The molecular formula is C20H18F3N3O3S2. The predicted molar refractivity (Wildman–Crippen MR) is 112 cm³/mol. The molecule has 3 aromatic rings. The minimum atomic E-state index is -4.76. The van der Waals surface area contributed by atoms with Crippen LogP contribution in [0.1, 0.15) is 23.0 Å². The number of rotatable bonds is 7. The van der Waals surface area contributed by atoms with E-state index in [2.05, 4.69) is 15.0 Å². The van der Waals surface area contributed by atoms with E-state index < -0.39 is 6.36 Å². The lowest BCUT2D eigenvalue weighted by Crippen LogP contribution is -2.24. The highest BCUT2D eigenvalue weighted by Gasteiger charge is 2.31. The summed E-state index contributed by atoms with van der Waals surface area (Å²) in [6.45, 7) is 2.32. The van der Waals surface area contributed by atoms with Crippen molar-refractivity contribution in [3.63, 3.8) is 0 Å². The van der Waals surface area contributed by atoms with Gasteiger partial charge in [-0.3, -0.25) is 9.59 Å². The largest absolute Gasteiger partial charge is 0.573 e. The van der Waals surface area contributed by atoms with Crippen molar-refractivity contribution in [2.75, 3.05) is 6.54 Å². The van der Waals surface area contributed by atoms with Crippen LogP contribution in [0.3, 0.4) is 0 Å². The molecule has 6 nitrogen and oxygen atoms in total. The summed E-state index contributed by atoms with van der Waals surface area (Å²) in [7, 11) is 0. The lowest BCUT2D eigenvalue weighted by Gasteiger charge is -2.11. The first kappa shape index (κ1) is 22.8. The van der Waals surface area contributed by atoms with E-state index in [0.29, 0.717) is 40.4 Å². The molecule has 164 valence electrons. The topological polar surface area (TPSA) is 72.7 Å². The van der Waals surface area contributed by atoms with Crippen molar-refractivity contribution in [1.82, 2.24) is 9.88 Å². The fourth-order valence-electron chi connectivity index (χ4n) is 2.74. The number of amides is 2. The van der Waals surface area contributed by atoms with Crippen molar-refractivity contribution in [2.24, 2.45) is 4.99 Å². The zero-order chi connectivity index (χ0) is 22.4. The van der Waals surface area contributed by atoms with Gasteiger partial charge in [-0.05, 0) is 47.7 Å². The maximum absolute atomic E-state index is 12.4. The standard InChI is InChI=1S/C20H18F3N3O3S2/c1-13(27)24-9-3-10-26-16(14-5-7-15(8-6-14)29-20(21,22)23)12-31-19(26)25-18(28)17-4-2-11-30-17/h2,4-8,11-12H,3,9-10H2,1H3,(H,24,27)/b25-19-. The molecule has 0 atom stereocenters. The van der Waals surface area contributed by atoms with Gasteiger partial charge in [0.15, 0.2) is 4.80 Å². The van der Waals surface area contributed by atoms with Crippen LogP contribution in [0.15, 0.2) is 52.2 Å². The summed E-state index contributed by atoms with van der Waals surface area (Å²) in [5.41, 5.74) is 1.35. The molecule has 31 heavy (non-hydrogen) atoms. The maximum atomic E-state index is 12.4. The molecule has 0 spiro atoms. The molecule has 0 aliphatic carbocycles. The van der Waals surface area contributed by atoms with Crippen LogP contribution < -0.4 is 14.9 Å². The number of carbonyl (C=O) groups is 2. The number of benzene rings is 1. The van der Waals surface area contributed by atoms with Crippen molar-refractivity contribution in [3.05, 3.63) is 56.8 Å². The fourth-order valence-corrected chi connectivity index (χ4v) is 4.28. The van der Waals surface area contributed by atoms with Crippen LogP contribution in [-0.2, 0) is 11.3 Å². The molecule has 0 aliphatic rings. The average molecular weight is 470 g/mol. The summed E-state index contributed by atoms with van der Waals surface area (Å²) in [5.74, 6) is -0.831. The molecule has 0 radical (unpaired) electrons. The summed E-state index contributed by atoms with van der Waals surface area (Å²) < 4.78 is 42.9. The summed E-state index contributed by atoms with van der Waals surface area (Å²) in [6, 6.07) is 8.94. The number of nitrogens with zero attached hydrogens (tertiary/aromatic N) is 2. The molecule has 3 rings (SSSR count). The highest BCUT2D eigenvalue weighted by atomic mass is 32.1. The van der Waals surface area contributed by atoms with Gasteiger partial charge in [0.25, 0.3) is 5.91 Å². The number of aromatic nitrogens is 1. The molecule has 0 saturated carbocycles. The predicted octanol–water partition coefficient (Wildman–Crippen LogP) is 4.44. The highest BCUT2D eigenvalue weighted by Crippen LogP contribution is 2.27. The Bertz CT molecular complexity index is 1100. The molecule has 0 aliphatic heterocycles. The Kier molecular flexibility index (Phi) is 7.29. The van der Waals surface area contributed by atoms with E-state index in [9.17, 15) is 22.8 Å². The summed E-state index contributed by atoms with van der Waals surface area (Å²) in [6.07, 6.45) is -4.18. The molecule has 2 heterocycles. The number of thiazole rings is 1. The molecule has 1 N–H and O–H groups in total. The number of ether oxygens (including phenoxy) is 1. The maximum Gasteiger partial charge on any atom is 0.573 e. The number of carbonyl (C=O) groups excluding carboxylic acids is 2. The van der Waals surface area contributed by atoms with Crippen LogP contribution in [0.2, 0.25) is 0 Å². The summed E-state index contributed by atoms with van der Waals surface area (Å²) >= 11 is 2.55. The van der Waals surface area contributed by atoms with Crippen molar-refractivity contribution < 1.29 is 27.5 Å². The van der Waals surface area contributed by atoms with Gasteiger partial charge >= 0.3 is 6.36 Å². The van der Waals surface area contributed by atoms with Crippen molar-refractivity contribution in [2.45, 2.75) is 26.3 Å². The zero-order valence-electron chi connectivity index (χ0n) is 16.3. The Morgan fingerprint density at radius 2 is 1.90 bits per heavy atom. The number of nitrogens with one attached hydrogen (secondary N) is 1. The van der Waals surface area contributed by atoms with Crippen LogP contribution >= 0.6 is 22.7 Å². The summed E-state index contributed by atoms with van der Waals surface area (Å²) in [4.78, 5) is 28.7. The van der Waals surface area contributed by atoms with Crippen LogP contribution in [-0.4, -0.2) is 29.3 Å². The fraction of sp³-hybridized carbons (Fsp3) is 0.250. The third-order valence-electron chi connectivity index (χ3n) is 4.04. The van der Waals surface area contributed by atoms with Gasteiger partial charge in [-0.2, -0.15) is 4.99 Å². The van der Waals surface area contributed by atoms with Gasteiger partial charge < -0.3 is 14.6 Å². The normalized spacial score (nSPS) is 12.1. The van der Waals surface area contributed by atoms with E-state index >= 15 is 0 Å². The molecule has 0 fully saturated rings. The van der Waals surface area contributed by atoms with Crippen LogP contribution in [0.5, 0.6) is 5.75 Å². The second-order valence-electron chi connectivity index (χ2n) is 6.36. The van der Waals surface area contributed by atoms with Gasteiger partial charge in [-0.15, -0.1) is 35.8 Å². The van der Waals surface area contributed by atoms with Crippen molar-refractivity contribution >= 4 is 34.5 Å². The van der Waals surface area contributed by atoms with Gasteiger partial charge in [0.2, 0.25) is 5.91 Å². The van der Waals surface area contributed by atoms with Crippen molar-refractivity contribution in [3.8, 4) is 17.0 Å². The Morgan fingerprint density at radius 3 is 2.52 bits per heavy atom. The Morgan fingerprint density at radius 1 is 1.16 bits per heavy atom. The van der Waals surface area contributed by atoms with Gasteiger partial charge in [-0.1, -0.05) is 6.07 Å². The molecule has 2 aromatic heterocycles. The molecular weight excluding hydrogens is 451 g/mol. The highest BCUT2D eigenvalue weighted by molar-refractivity contribution is 7.12. The van der Waals surface area contributed by atoms with Crippen molar-refractivity contribution in [1.29, 1.82) is 0 Å². The van der Waals surface area contributed by atoms with Gasteiger partial charge in [0.05, 0.1) is 10.6 Å². The first-order valence-corrected chi connectivity index (χ1v) is 10.9.